The van der Waals surface area contributed by atoms with Gasteiger partial charge in [0, 0.05) is 6.42 Å². The maximum atomic E-state index is 11.9. The third kappa shape index (κ3) is 29.6. The van der Waals surface area contributed by atoms with Crippen molar-refractivity contribution in [2.24, 2.45) is 5.92 Å². The number of hydrogen-bond donors (Lipinski definition) is 0. The number of carbonyl (C=O) groups excluding carboxylic acids is 1. The van der Waals surface area contributed by atoms with E-state index in [0.717, 1.165) is 18.8 Å². The molecule has 35 heavy (non-hydrogen) atoms. The predicted octanol–water partition coefficient (Wildman–Crippen LogP) is 11.7. The van der Waals surface area contributed by atoms with Crippen LogP contribution in [0.5, 0.6) is 0 Å². The molecule has 2 heteroatoms. The molecule has 0 aliphatic carbocycles. The molecule has 1 atom stereocenters. The highest BCUT2D eigenvalue weighted by Gasteiger charge is 2.03. The minimum Gasteiger partial charge on any atom is -0.466 e. The molecule has 0 radical (unpaired) electrons. The summed E-state index contributed by atoms with van der Waals surface area (Å²) in [5.74, 6) is 0.935. The highest BCUT2D eigenvalue weighted by atomic mass is 16.5. The van der Waals surface area contributed by atoms with E-state index in [2.05, 4.69) is 20.8 Å². The molecule has 0 aliphatic rings. The van der Waals surface area contributed by atoms with Gasteiger partial charge in [0.1, 0.15) is 0 Å². The van der Waals surface area contributed by atoms with Crippen LogP contribution in [0.2, 0.25) is 0 Å². The number of unbranched alkanes of at least 4 members (excludes halogenated alkanes) is 22. The van der Waals surface area contributed by atoms with Crippen LogP contribution in [-0.4, -0.2) is 12.6 Å². The Labute approximate surface area is 222 Å². The second-order valence-corrected chi connectivity index (χ2v) is 11.4. The summed E-state index contributed by atoms with van der Waals surface area (Å²) in [6, 6.07) is 0. The fourth-order valence-corrected chi connectivity index (χ4v) is 4.94. The molecule has 0 saturated carbocycles. The summed E-state index contributed by atoms with van der Waals surface area (Å²) in [4.78, 5) is 11.9. The summed E-state index contributed by atoms with van der Waals surface area (Å²) in [6.45, 7) is 7.59. The first-order valence-electron chi connectivity index (χ1n) is 16.4. The Balaban J connectivity index is 3.16. The maximum absolute atomic E-state index is 11.9. The Kier molecular flexibility index (Phi) is 29.2. The van der Waals surface area contributed by atoms with E-state index in [-0.39, 0.29) is 5.97 Å². The van der Waals surface area contributed by atoms with Crippen molar-refractivity contribution in [3.63, 3.8) is 0 Å². The van der Waals surface area contributed by atoms with E-state index < -0.39 is 0 Å². The van der Waals surface area contributed by atoms with Crippen molar-refractivity contribution >= 4 is 5.97 Å². The van der Waals surface area contributed by atoms with Gasteiger partial charge < -0.3 is 4.74 Å². The third-order valence-corrected chi connectivity index (χ3v) is 7.79. The van der Waals surface area contributed by atoms with Crippen molar-refractivity contribution in [2.45, 2.75) is 194 Å². The quantitative estimate of drug-likeness (QED) is 0.0763. The van der Waals surface area contributed by atoms with Crippen molar-refractivity contribution in [3.8, 4) is 0 Å². The van der Waals surface area contributed by atoms with Crippen molar-refractivity contribution in [1.29, 1.82) is 0 Å². The molecule has 0 heterocycles. The average Bonchev–Trinajstić information content (AvgIpc) is 2.86. The highest BCUT2D eigenvalue weighted by molar-refractivity contribution is 5.69. The summed E-state index contributed by atoms with van der Waals surface area (Å²) in [5.41, 5.74) is 0. The highest BCUT2D eigenvalue weighted by Crippen LogP contribution is 2.16. The van der Waals surface area contributed by atoms with E-state index in [1.165, 1.54) is 154 Å². The number of hydrogen-bond acceptors (Lipinski definition) is 2. The Morgan fingerprint density at radius 1 is 0.514 bits per heavy atom. The molecule has 0 amide bonds. The van der Waals surface area contributed by atoms with E-state index in [0.29, 0.717) is 13.0 Å². The molecule has 2 nitrogen and oxygen atoms in total. The number of rotatable bonds is 29. The minimum absolute atomic E-state index is 0.0251. The van der Waals surface area contributed by atoms with E-state index in [9.17, 15) is 4.79 Å². The van der Waals surface area contributed by atoms with Crippen LogP contribution in [-0.2, 0) is 9.53 Å². The molecule has 0 N–H and O–H groups in total. The SMILES string of the molecule is CCCCCCCCCCCCCCCCCC(=O)OCCCCCCCCCCCC(C)CC. The van der Waals surface area contributed by atoms with Gasteiger partial charge in [-0.05, 0) is 18.8 Å². The van der Waals surface area contributed by atoms with Gasteiger partial charge in [0.15, 0.2) is 0 Å². The second kappa shape index (κ2) is 29.7. The minimum atomic E-state index is 0.0251. The normalized spacial score (nSPS) is 12.2. The molecule has 0 fully saturated rings. The van der Waals surface area contributed by atoms with Gasteiger partial charge in [0.2, 0.25) is 0 Å². The van der Waals surface area contributed by atoms with Crippen LogP contribution in [0.15, 0.2) is 0 Å². The Bertz CT molecular complexity index is 406. The van der Waals surface area contributed by atoms with Gasteiger partial charge in [0.05, 0.1) is 6.61 Å². The van der Waals surface area contributed by atoms with Gasteiger partial charge in [-0.2, -0.15) is 0 Å². The summed E-state index contributed by atoms with van der Waals surface area (Å²) in [7, 11) is 0. The Morgan fingerprint density at radius 3 is 1.31 bits per heavy atom. The standard InChI is InChI=1S/C33H66O2/c1-4-6-7-8-9-10-11-12-13-14-15-18-21-24-27-30-33(34)35-31-28-25-22-19-16-17-20-23-26-29-32(3)5-2/h32H,4-31H2,1-3H3. The van der Waals surface area contributed by atoms with Gasteiger partial charge in [-0.3, -0.25) is 4.79 Å². The van der Waals surface area contributed by atoms with Crippen molar-refractivity contribution in [3.05, 3.63) is 0 Å². The molecule has 0 bridgehead atoms. The van der Waals surface area contributed by atoms with Gasteiger partial charge >= 0.3 is 5.97 Å². The Hall–Kier alpha value is -0.530. The molecular formula is C33H66O2. The lowest BCUT2D eigenvalue weighted by Gasteiger charge is -2.07. The van der Waals surface area contributed by atoms with Crippen LogP contribution in [0.1, 0.15) is 194 Å². The molecule has 0 aromatic heterocycles. The zero-order valence-corrected chi connectivity index (χ0v) is 24.7. The van der Waals surface area contributed by atoms with E-state index in [1.54, 1.807) is 0 Å². The van der Waals surface area contributed by atoms with Crippen LogP contribution < -0.4 is 0 Å². The molecule has 210 valence electrons. The molecule has 1 unspecified atom stereocenters. The monoisotopic (exact) mass is 495 g/mol. The molecule has 0 rings (SSSR count). The van der Waals surface area contributed by atoms with Crippen LogP contribution in [0.4, 0.5) is 0 Å². The molecule has 0 saturated heterocycles. The van der Waals surface area contributed by atoms with Gasteiger partial charge in [-0.25, -0.2) is 0 Å². The summed E-state index contributed by atoms with van der Waals surface area (Å²) in [6.07, 6.45) is 35.7. The smallest absolute Gasteiger partial charge is 0.305 e. The van der Waals surface area contributed by atoms with E-state index in [1.807, 2.05) is 0 Å². The number of carbonyl (C=O) groups is 1. The molecule has 0 aromatic carbocycles. The lowest BCUT2D eigenvalue weighted by atomic mass is 9.99. The van der Waals surface area contributed by atoms with E-state index >= 15 is 0 Å². The fourth-order valence-electron chi connectivity index (χ4n) is 4.94. The first-order valence-corrected chi connectivity index (χ1v) is 16.4. The summed E-state index contributed by atoms with van der Waals surface area (Å²) >= 11 is 0. The molecule has 0 spiro atoms. The number of ether oxygens (including phenoxy) is 1. The van der Waals surface area contributed by atoms with Crippen molar-refractivity contribution in [2.75, 3.05) is 6.61 Å². The van der Waals surface area contributed by atoms with Gasteiger partial charge in [-0.1, -0.05) is 175 Å². The predicted molar refractivity (Wildman–Crippen MR) is 156 cm³/mol. The summed E-state index contributed by atoms with van der Waals surface area (Å²) in [5, 5.41) is 0. The maximum Gasteiger partial charge on any atom is 0.305 e. The largest absolute Gasteiger partial charge is 0.466 e. The van der Waals surface area contributed by atoms with Crippen molar-refractivity contribution in [1.82, 2.24) is 0 Å². The summed E-state index contributed by atoms with van der Waals surface area (Å²) < 4.78 is 5.42. The molecular weight excluding hydrogens is 428 g/mol. The first kappa shape index (κ1) is 34.5. The zero-order valence-electron chi connectivity index (χ0n) is 24.7. The molecule has 0 aliphatic heterocycles. The molecule has 0 aromatic rings. The lowest BCUT2D eigenvalue weighted by molar-refractivity contribution is -0.143. The zero-order chi connectivity index (χ0) is 25.7. The Morgan fingerprint density at radius 2 is 0.886 bits per heavy atom. The van der Waals surface area contributed by atoms with Crippen molar-refractivity contribution < 1.29 is 9.53 Å². The topological polar surface area (TPSA) is 26.3 Å². The van der Waals surface area contributed by atoms with Crippen LogP contribution in [0.3, 0.4) is 0 Å². The van der Waals surface area contributed by atoms with Gasteiger partial charge in [-0.15, -0.1) is 0 Å². The first-order chi connectivity index (χ1) is 17.2. The van der Waals surface area contributed by atoms with Crippen LogP contribution in [0, 0.1) is 5.92 Å². The third-order valence-electron chi connectivity index (χ3n) is 7.79. The van der Waals surface area contributed by atoms with Crippen LogP contribution in [0.25, 0.3) is 0 Å². The fraction of sp³-hybridized carbons (Fsp3) is 0.970. The van der Waals surface area contributed by atoms with E-state index in [4.69, 9.17) is 4.74 Å². The lowest BCUT2D eigenvalue weighted by Crippen LogP contribution is -2.05. The number of esters is 1. The second-order valence-electron chi connectivity index (χ2n) is 11.4. The van der Waals surface area contributed by atoms with Crippen LogP contribution >= 0.6 is 0 Å². The average molecular weight is 495 g/mol. The van der Waals surface area contributed by atoms with Gasteiger partial charge in [0.25, 0.3) is 0 Å².